The van der Waals surface area contributed by atoms with Crippen LogP contribution in [0.3, 0.4) is 0 Å². The van der Waals surface area contributed by atoms with Crippen LogP contribution in [0.4, 0.5) is 0 Å². The van der Waals surface area contributed by atoms with Crippen molar-refractivity contribution in [2.24, 2.45) is 0 Å². The van der Waals surface area contributed by atoms with Crippen molar-refractivity contribution < 1.29 is 4.79 Å². The topological polar surface area (TPSA) is 29.1 Å². The minimum Gasteiger partial charge on any atom is -0.341 e. The molecule has 3 aromatic carbocycles. The molecule has 120 valence electrons. The van der Waals surface area contributed by atoms with Gasteiger partial charge in [0.1, 0.15) is 0 Å². The highest BCUT2D eigenvalue weighted by Crippen LogP contribution is 2.24. The average molecular weight is 336 g/mol. The highest BCUT2D eigenvalue weighted by atomic mass is 35.5. The zero-order chi connectivity index (χ0) is 16.9. The Morgan fingerprint density at radius 1 is 0.833 bits per heavy atom. The van der Waals surface area contributed by atoms with E-state index in [0.717, 1.165) is 11.1 Å². The summed E-state index contributed by atoms with van der Waals surface area (Å²) in [5.41, 5.74) is 3.85. The van der Waals surface area contributed by atoms with Crippen molar-refractivity contribution in [1.82, 2.24) is 5.32 Å². The summed E-state index contributed by atoms with van der Waals surface area (Å²) in [5.74, 6) is -0.101. The van der Waals surface area contributed by atoms with Crippen LogP contribution in [0.5, 0.6) is 0 Å². The average Bonchev–Trinajstić information content (AvgIpc) is 2.62. The summed E-state index contributed by atoms with van der Waals surface area (Å²) in [6.45, 7) is 2.05. The van der Waals surface area contributed by atoms with Gasteiger partial charge in [-0.2, -0.15) is 0 Å². The van der Waals surface area contributed by atoms with Crippen molar-refractivity contribution in [3.8, 4) is 0 Å². The van der Waals surface area contributed by atoms with Gasteiger partial charge in [0, 0.05) is 10.6 Å². The molecule has 0 heterocycles. The van der Waals surface area contributed by atoms with Crippen LogP contribution < -0.4 is 5.32 Å². The number of halogens is 1. The molecule has 3 aromatic rings. The van der Waals surface area contributed by atoms with E-state index in [9.17, 15) is 4.79 Å². The number of benzene rings is 3. The monoisotopic (exact) mass is 335 g/mol. The first-order valence-corrected chi connectivity index (χ1v) is 8.19. The van der Waals surface area contributed by atoms with Crippen LogP contribution in [-0.4, -0.2) is 5.91 Å². The molecule has 2 nitrogen and oxygen atoms in total. The lowest BCUT2D eigenvalue weighted by molar-refractivity contribution is 0.0943. The molecule has 0 aliphatic rings. The van der Waals surface area contributed by atoms with Crippen LogP contribution >= 0.6 is 11.6 Å². The van der Waals surface area contributed by atoms with E-state index < -0.39 is 0 Å². The third-order valence-corrected chi connectivity index (χ3v) is 4.18. The van der Waals surface area contributed by atoms with E-state index in [1.165, 1.54) is 5.56 Å². The number of rotatable bonds is 4. The van der Waals surface area contributed by atoms with Crippen LogP contribution in [0.2, 0.25) is 5.02 Å². The lowest BCUT2D eigenvalue weighted by Crippen LogP contribution is -2.29. The number of hydrogen-bond acceptors (Lipinski definition) is 1. The fourth-order valence-corrected chi connectivity index (χ4v) is 2.70. The molecule has 0 aromatic heterocycles. The molecule has 24 heavy (non-hydrogen) atoms. The molecule has 1 N–H and O–H groups in total. The first kappa shape index (κ1) is 16.3. The molecule has 0 saturated carbocycles. The molecule has 0 saturated heterocycles. The predicted molar refractivity (Wildman–Crippen MR) is 98.4 cm³/mol. The van der Waals surface area contributed by atoms with E-state index in [0.29, 0.717) is 10.6 Å². The first-order chi connectivity index (χ1) is 11.6. The lowest BCUT2D eigenvalue weighted by Gasteiger charge is -2.20. The normalized spacial score (nSPS) is 11.8. The number of carbonyl (C=O) groups excluding carboxylic acids is 1. The van der Waals surface area contributed by atoms with Crippen LogP contribution in [0.15, 0.2) is 78.9 Å². The van der Waals surface area contributed by atoms with Crippen LogP contribution in [0, 0.1) is 6.92 Å². The van der Waals surface area contributed by atoms with Gasteiger partial charge in [0.05, 0.1) is 6.04 Å². The highest BCUT2D eigenvalue weighted by Gasteiger charge is 2.17. The highest BCUT2D eigenvalue weighted by molar-refractivity contribution is 6.30. The van der Waals surface area contributed by atoms with Crippen LogP contribution in [-0.2, 0) is 0 Å². The molecule has 1 unspecified atom stereocenters. The number of aryl methyl sites for hydroxylation is 1. The van der Waals surface area contributed by atoms with Crippen LogP contribution in [0.25, 0.3) is 0 Å². The molecule has 1 atom stereocenters. The Morgan fingerprint density at radius 2 is 1.38 bits per heavy atom. The van der Waals surface area contributed by atoms with Gasteiger partial charge in [-0.25, -0.2) is 0 Å². The standard InChI is InChI=1S/C21H18ClNO/c1-15-7-9-16(10-8-15)20(17-11-13-19(22)14-12-17)23-21(24)18-5-3-2-4-6-18/h2-14,20H,1H3,(H,23,24). The maximum atomic E-state index is 12.6. The van der Waals surface area contributed by atoms with E-state index >= 15 is 0 Å². The summed E-state index contributed by atoms with van der Waals surface area (Å²) in [4.78, 5) is 12.6. The third kappa shape index (κ3) is 3.84. The summed E-state index contributed by atoms with van der Waals surface area (Å²) in [6.07, 6.45) is 0. The molecular formula is C21H18ClNO. The van der Waals surface area contributed by atoms with E-state index in [-0.39, 0.29) is 11.9 Å². The molecule has 3 heteroatoms. The molecule has 1 amide bonds. The fraction of sp³-hybridized carbons (Fsp3) is 0.0952. The Balaban J connectivity index is 1.94. The summed E-state index contributed by atoms with van der Waals surface area (Å²) in [6, 6.07) is 24.8. The number of hydrogen-bond donors (Lipinski definition) is 1. The minimum absolute atomic E-state index is 0.101. The van der Waals surface area contributed by atoms with Crippen molar-refractivity contribution in [3.05, 3.63) is 106 Å². The summed E-state index contributed by atoms with van der Waals surface area (Å²) in [7, 11) is 0. The van der Waals surface area contributed by atoms with E-state index in [1.807, 2.05) is 85.8 Å². The molecule has 0 fully saturated rings. The number of carbonyl (C=O) groups is 1. The molecule has 0 radical (unpaired) electrons. The number of nitrogens with one attached hydrogen (secondary N) is 1. The Kier molecular flexibility index (Phi) is 4.97. The van der Waals surface area contributed by atoms with E-state index in [2.05, 4.69) is 5.32 Å². The maximum Gasteiger partial charge on any atom is 0.252 e. The summed E-state index contributed by atoms with van der Waals surface area (Å²) < 4.78 is 0. The fourth-order valence-electron chi connectivity index (χ4n) is 2.58. The summed E-state index contributed by atoms with van der Waals surface area (Å²) >= 11 is 6.00. The predicted octanol–water partition coefficient (Wildman–Crippen LogP) is 5.17. The summed E-state index contributed by atoms with van der Waals surface area (Å²) in [5, 5.41) is 3.80. The van der Waals surface area contributed by atoms with Gasteiger partial charge in [-0.15, -0.1) is 0 Å². The quantitative estimate of drug-likeness (QED) is 0.700. The van der Waals surface area contributed by atoms with Gasteiger partial charge in [0.25, 0.3) is 5.91 Å². The zero-order valence-corrected chi connectivity index (χ0v) is 14.1. The Morgan fingerprint density at radius 3 is 1.96 bits per heavy atom. The van der Waals surface area contributed by atoms with Gasteiger partial charge in [-0.3, -0.25) is 4.79 Å². The molecule has 0 bridgehead atoms. The second-order valence-corrected chi connectivity index (χ2v) is 6.17. The van der Waals surface area contributed by atoms with E-state index in [4.69, 9.17) is 11.6 Å². The van der Waals surface area contributed by atoms with Crippen molar-refractivity contribution >= 4 is 17.5 Å². The van der Waals surface area contributed by atoms with Crippen molar-refractivity contribution in [2.75, 3.05) is 0 Å². The second kappa shape index (κ2) is 7.33. The SMILES string of the molecule is Cc1ccc(C(NC(=O)c2ccccc2)c2ccc(Cl)cc2)cc1. The van der Waals surface area contributed by atoms with Gasteiger partial charge < -0.3 is 5.32 Å². The van der Waals surface area contributed by atoms with Crippen LogP contribution in [0.1, 0.15) is 33.1 Å². The lowest BCUT2D eigenvalue weighted by atomic mass is 9.97. The largest absolute Gasteiger partial charge is 0.341 e. The minimum atomic E-state index is -0.226. The molecular weight excluding hydrogens is 318 g/mol. The van der Waals surface area contributed by atoms with E-state index in [1.54, 1.807) is 0 Å². The smallest absolute Gasteiger partial charge is 0.252 e. The molecule has 0 aliphatic carbocycles. The molecule has 0 aliphatic heterocycles. The number of amides is 1. The molecule has 0 spiro atoms. The Bertz CT molecular complexity index is 765. The zero-order valence-electron chi connectivity index (χ0n) is 13.4. The van der Waals surface area contributed by atoms with Gasteiger partial charge in [0.15, 0.2) is 0 Å². The Labute approximate surface area is 147 Å². The molecule has 3 rings (SSSR count). The Hall–Kier alpha value is -2.58. The van der Waals surface area contributed by atoms with Gasteiger partial charge in [0.2, 0.25) is 0 Å². The maximum absolute atomic E-state index is 12.6. The first-order valence-electron chi connectivity index (χ1n) is 7.81. The van der Waals surface area contributed by atoms with Gasteiger partial charge in [-0.1, -0.05) is 71.8 Å². The van der Waals surface area contributed by atoms with Gasteiger partial charge >= 0.3 is 0 Å². The van der Waals surface area contributed by atoms with Crippen molar-refractivity contribution in [1.29, 1.82) is 0 Å². The van der Waals surface area contributed by atoms with Gasteiger partial charge in [-0.05, 0) is 42.3 Å². The second-order valence-electron chi connectivity index (χ2n) is 5.73. The van der Waals surface area contributed by atoms with Crippen molar-refractivity contribution in [2.45, 2.75) is 13.0 Å². The van der Waals surface area contributed by atoms with Crippen molar-refractivity contribution in [3.63, 3.8) is 0 Å². The third-order valence-electron chi connectivity index (χ3n) is 3.93.